The first kappa shape index (κ1) is 14.1. The Bertz CT molecular complexity index is 646. The summed E-state index contributed by atoms with van der Waals surface area (Å²) in [7, 11) is 0. The average Bonchev–Trinajstić information content (AvgIpc) is 2.93. The number of urea groups is 1. The van der Waals surface area contributed by atoms with E-state index >= 15 is 0 Å². The van der Waals surface area contributed by atoms with Crippen LogP contribution in [0.1, 0.15) is 12.5 Å². The lowest BCUT2D eigenvalue weighted by Gasteiger charge is -2.34. The molecule has 3 rings (SSSR count). The van der Waals surface area contributed by atoms with Crippen molar-refractivity contribution in [1.82, 2.24) is 15.2 Å². The van der Waals surface area contributed by atoms with Crippen molar-refractivity contribution in [3.05, 3.63) is 23.8 Å². The molecule has 0 unspecified atom stereocenters. The molecule has 112 valence electrons. The molecule has 2 aromatic rings. The van der Waals surface area contributed by atoms with E-state index in [9.17, 15) is 4.79 Å². The van der Waals surface area contributed by atoms with Crippen LogP contribution in [0.5, 0.6) is 0 Å². The van der Waals surface area contributed by atoms with Crippen LogP contribution in [-0.2, 0) is 0 Å². The summed E-state index contributed by atoms with van der Waals surface area (Å²) in [4.78, 5) is 20.7. The maximum atomic E-state index is 11.8. The second-order valence-electron chi connectivity index (χ2n) is 5.23. The standard InChI is InChI=1S/C15H20N4OS/c1-3-16-14(20)18-7-9-19(10-8-18)15-17-13-11(2)5-4-6-12(13)21-15/h4-6H,3,7-10H2,1-2H3,(H,16,20). The number of thiazole rings is 1. The molecule has 2 amide bonds. The van der Waals surface area contributed by atoms with Crippen LogP contribution in [-0.4, -0.2) is 48.6 Å². The SMILES string of the molecule is CCNC(=O)N1CCN(c2nc3c(C)cccc3s2)CC1. The van der Waals surface area contributed by atoms with Crippen molar-refractivity contribution in [3.63, 3.8) is 0 Å². The second kappa shape index (κ2) is 5.89. The van der Waals surface area contributed by atoms with Crippen molar-refractivity contribution in [2.24, 2.45) is 0 Å². The zero-order chi connectivity index (χ0) is 14.8. The van der Waals surface area contributed by atoms with E-state index in [0.29, 0.717) is 6.54 Å². The highest BCUT2D eigenvalue weighted by Crippen LogP contribution is 2.30. The van der Waals surface area contributed by atoms with Crippen molar-refractivity contribution >= 4 is 32.7 Å². The minimum atomic E-state index is 0.0392. The number of nitrogens with zero attached hydrogens (tertiary/aromatic N) is 3. The number of fused-ring (bicyclic) bond motifs is 1. The molecule has 0 aliphatic carbocycles. The van der Waals surface area contributed by atoms with Crippen molar-refractivity contribution in [2.75, 3.05) is 37.6 Å². The molecular formula is C15H20N4OS. The van der Waals surface area contributed by atoms with Gasteiger partial charge >= 0.3 is 6.03 Å². The van der Waals surface area contributed by atoms with Crippen molar-refractivity contribution in [3.8, 4) is 0 Å². The minimum absolute atomic E-state index is 0.0392. The molecular weight excluding hydrogens is 284 g/mol. The van der Waals surface area contributed by atoms with Crippen molar-refractivity contribution < 1.29 is 4.79 Å². The van der Waals surface area contributed by atoms with Crippen LogP contribution < -0.4 is 10.2 Å². The van der Waals surface area contributed by atoms with Gasteiger partial charge in [0.1, 0.15) is 0 Å². The molecule has 0 atom stereocenters. The normalized spacial score (nSPS) is 15.5. The summed E-state index contributed by atoms with van der Waals surface area (Å²) in [6.45, 7) is 7.90. The Kier molecular flexibility index (Phi) is 3.96. The molecule has 5 nitrogen and oxygen atoms in total. The minimum Gasteiger partial charge on any atom is -0.345 e. The molecule has 0 saturated carbocycles. The van der Waals surface area contributed by atoms with E-state index in [0.717, 1.165) is 36.8 Å². The summed E-state index contributed by atoms with van der Waals surface area (Å²) >= 11 is 1.73. The van der Waals surface area contributed by atoms with E-state index in [1.54, 1.807) is 11.3 Å². The zero-order valence-electron chi connectivity index (χ0n) is 12.4. The first-order valence-electron chi connectivity index (χ1n) is 7.33. The second-order valence-corrected chi connectivity index (χ2v) is 6.24. The number of anilines is 1. The van der Waals surface area contributed by atoms with Crippen LogP contribution in [0.3, 0.4) is 0 Å². The van der Waals surface area contributed by atoms with Gasteiger partial charge in [-0.15, -0.1) is 0 Å². The fraction of sp³-hybridized carbons (Fsp3) is 0.467. The van der Waals surface area contributed by atoms with E-state index in [1.807, 2.05) is 11.8 Å². The Labute approximate surface area is 128 Å². The van der Waals surface area contributed by atoms with E-state index in [-0.39, 0.29) is 6.03 Å². The fourth-order valence-corrected chi connectivity index (χ4v) is 3.67. The molecule has 1 aliphatic rings. The third-order valence-corrected chi connectivity index (χ3v) is 4.86. The highest BCUT2D eigenvalue weighted by atomic mass is 32.1. The molecule has 6 heteroatoms. The Morgan fingerprint density at radius 3 is 2.76 bits per heavy atom. The van der Waals surface area contributed by atoms with Gasteiger partial charge in [-0.3, -0.25) is 0 Å². The fourth-order valence-electron chi connectivity index (χ4n) is 2.57. The van der Waals surface area contributed by atoms with Gasteiger partial charge in [-0.05, 0) is 25.5 Å². The first-order chi connectivity index (χ1) is 10.2. The summed E-state index contributed by atoms with van der Waals surface area (Å²) in [5.74, 6) is 0. The summed E-state index contributed by atoms with van der Waals surface area (Å²) in [6, 6.07) is 6.33. The number of rotatable bonds is 2. The third-order valence-electron chi connectivity index (χ3n) is 3.77. The molecule has 21 heavy (non-hydrogen) atoms. The van der Waals surface area contributed by atoms with Gasteiger partial charge in [-0.25, -0.2) is 9.78 Å². The van der Waals surface area contributed by atoms with Crippen LogP contribution >= 0.6 is 11.3 Å². The summed E-state index contributed by atoms with van der Waals surface area (Å²) in [6.07, 6.45) is 0. The molecule has 0 spiro atoms. The highest BCUT2D eigenvalue weighted by Gasteiger charge is 2.22. The van der Waals surface area contributed by atoms with Crippen LogP contribution in [0.2, 0.25) is 0 Å². The van der Waals surface area contributed by atoms with Gasteiger partial charge in [0.2, 0.25) is 0 Å². The number of hydrogen-bond donors (Lipinski definition) is 1. The topological polar surface area (TPSA) is 48.5 Å². The van der Waals surface area contributed by atoms with Gasteiger partial charge in [0.05, 0.1) is 10.2 Å². The first-order valence-corrected chi connectivity index (χ1v) is 8.14. The number of amides is 2. The van der Waals surface area contributed by atoms with Crippen molar-refractivity contribution in [1.29, 1.82) is 0 Å². The number of para-hydroxylation sites is 1. The Balaban J connectivity index is 1.71. The quantitative estimate of drug-likeness (QED) is 0.927. The number of aryl methyl sites for hydroxylation is 1. The predicted octanol–water partition coefficient (Wildman–Crippen LogP) is 2.46. The lowest BCUT2D eigenvalue weighted by atomic mass is 10.2. The lowest BCUT2D eigenvalue weighted by molar-refractivity contribution is 0.195. The smallest absolute Gasteiger partial charge is 0.317 e. The van der Waals surface area contributed by atoms with Crippen LogP contribution in [0, 0.1) is 6.92 Å². The Morgan fingerprint density at radius 1 is 1.33 bits per heavy atom. The molecule has 1 N–H and O–H groups in total. The van der Waals surface area contributed by atoms with Gasteiger partial charge in [-0.2, -0.15) is 0 Å². The number of carbonyl (C=O) groups is 1. The predicted molar refractivity (Wildman–Crippen MR) is 87.2 cm³/mol. The molecule has 0 radical (unpaired) electrons. The van der Waals surface area contributed by atoms with Gasteiger partial charge in [-0.1, -0.05) is 23.5 Å². The Morgan fingerprint density at radius 2 is 2.10 bits per heavy atom. The maximum absolute atomic E-state index is 11.8. The summed E-state index contributed by atoms with van der Waals surface area (Å²) in [5.41, 5.74) is 2.32. The average molecular weight is 304 g/mol. The summed E-state index contributed by atoms with van der Waals surface area (Å²) < 4.78 is 1.23. The number of nitrogens with one attached hydrogen (secondary N) is 1. The number of carbonyl (C=O) groups excluding carboxylic acids is 1. The molecule has 1 saturated heterocycles. The van der Waals surface area contributed by atoms with Crippen LogP contribution in [0.25, 0.3) is 10.2 Å². The van der Waals surface area contributed by atoms with E-state index in [2.05, 4.69) is 35.3 Å². The van der Waals surface area contributed by atoms with Gasteiger partial charge in [0.25, 0.3) is 0 Å². The largest absolute Gasteiger partial charge is 0.345 e. The van der Waals surface area contributed by atoms with Gasteiger partial charge < -0.3 is 15.1 Å². The number of piperazine rings is 1. The highest BCUT2D eigenvalue weighted by molar-refractivity contribution is 7.22. The Hall–Kier alpha value is -1.82. The van der Waals surface area contributed by atoms with E-state index < -0.39 is 0 Å². The van der Waals surface area contributed by atoms with Crippen LogP contribution in [0.15, 0.2) is 18.2 Å². The summed E-state index contributed by atoms with van der Waals surface area (Å²) in [5, 5.41) is 3.92. The van der Waals surface area contributed by atoms with Crippen molar-refractivity contribution in [2.45, 2.75) is 13.8 Å². The molecule has 1 aromatic heterocycles. The lowest BCUT2D eigenvalue weighted by Crippen LogP contribution is -2.51. The molecule has 1 aromatic carbocycles. The monoisotopic (exact) mass is 304 g/mol. The number of hydrogen-bond acceptors (Lipinski definition) is 4. The third kappa shape index (κ3) is 2.81. The van der Waals surface area contributed by atoms with Crippen LogP contribution in [0.4, 0.5) is 9.93 Å². The zero-order valence-corrected chi connectivity index (χ0v) is 13.2. The van der Waals surface area contributed by atoms with Gasteiger partial charge in [0.15, 0.2) is 5.13 Å². The van der Waals surface area contributed by atoms with E-state index in [1.165, 1.54) is 10.3 Å². The molecule has 1 aliphatic heterocycles. The van der Waals surface area contributed by atoms with Gasteiger partial charge in [0, 0.05) is 32.7 Å². The maximum Gasteiger partial charge on any atom is 0.317 e. The molecule has 2 heterocycles. The molecule has 1 fully saturated rings. The number of benzene rings is 1. The molecule has 0 bridgehead atoms. The number of aromatic nitrogens is 1. The van der Waals surface area contributed by atoms with E-state index in [4.69, 9.17) is 4.98 Å².